The Morgan fingerprint density at radius 2 is 1.97 bits per heavy atom. The zero-order valence-corrected chi connectivity index (χ0v) is 16.0. The lowest BCUT2D eigenvalue weighted by molar-refractivity contribution is 0.164. The Balaban J connectivity index is 1.58. The van der Waals surface area contributed by atoms with Crippen LogP contribution in [0.3, 0.4) is 0 Å². The molecule has 3 heterocycles. The molecule has 1 aliphatic heterocycles. The fourth-order valence-corrected chi connectivity index (χ4v) is 4.09. The summed E-state index contributed by atoms with van der Waals surface area (Å²) in [6.45, 7) is 0.606. The van der Waals surface area contributed by atoms with Crippen LogP contribution in [0.5, 0.6) is 0 Å². The van der Waals surface area contributed by atoms with Gasteiger partial charge >= 0.3 is 0 Å². The lowest BCUT2D eigenvalue weighted by atomic mass is 10.0. The van der Waals surface area contributed by atoms with Crippen molar-refractivity contribution < 1.29 is 9.50 Å². The first-order valence-corrected chi connectivity index (χ1v) is 9.69. The van der Waals surface area contributed by atoms with Gasteiger partial charge in [0.05, 0.1) is 35.7 Å². The molecule has 6 nitrogen and oxygen atoms in total. The number of hydrogen-bond acceptors (Lipinski definition) is 5. The molecule has 30 heavy (non-hydrogen) atoms. The van der Waals surface area contributed by atoms with Crippen molar-refractivity contribution in [3.8, 4) is 17.3 Å². The number of benzene rings is 2. The molecule has 1 fully saturated rings. The van der Waals surface area contributed by atoms with Gasteiger partial charge < -0.3 is 10.0 Å². The summed E-state index contributed by atoms with van der Waals surface area (Å²) >= 11 is 0. The molecule has 0 amide bonds. The largest absolute Gasteiger partial charge is 0.391 e. The molecule has 2 atom stereocenters. The third-order valence-corrected chi connectivity index (χ3v) is 5.49. The summed E-state index contributed by atoms with van der Waals surface area (Å²) < 4.78 is 15.5. The molecule has 5 rings (SSSR count). The summed E-state index contributed by atoms with van der Waals surface area (Å²) in [5.41, 5.74) is 3.57. The van der Waals surface area contributed by atoms with Crippen LogP contribution in [0, 0.1) is 17.1 Å². The van der Waals surface area contributed by atoms with Crippen molar-refractivity contribution >= 4 is 11.5 Å². The van der Waals surface area contributed by atoms with E-state index in [4.69, 9.17) is 5.10 Å². The van der Waals surface area contributed by atoms with E-state index >= 15 is 0 Å². The summed E-state index contributed by atoms with van der Waals surface area (Å²) in [6.07, 6.45) is 1.69. The molecular formula is C23H18FN5O. The number of nitriles is 1. The Hall–Kier alpha value is -3.76. The molecule has 0 bridgehead atoms. The summed E-state index contributed by atoms with van der Waals surface area (Å²) in [5, 5.41) is 24.6. The van der Waals surface area contributed by atoms with E-state index < -0.39 is 6.10 Å². The van der Waals surface area contributed by atoms with Crippen molar-refractivity contribution in [3.63, 3.8) is 0 Å². The molecule has 2 unspecified atom stereocenters. The number of fused-ring (bicyclic) bond motifs is 1. The molecule has 0 aliphatic carbocycles. The maximum Gasteiger partial charge on any atom is 0.154 e. The summed E-state index contributed by atoms with van der Waals surface area (Å²) in [6, 6.07) is 19.1. The van der Waals surface area contributed by atoms with Crippen molar-refractivity contribution in [1.82, 2.24) is 14.6 Å². The van der Waals surface area contributed by atoms with Gasteiger partial charge in [0.15, 0.2) is 5.65 Å². The fourth-order valence-electron chi connectivity index (χ4n) is 4.09. The van der Waals surface area contributed by atoms with E-state index in [-0.39, 0.29) is 11.9 Å². The van der Waals surface area contributed by atoms with Gasteiger partial charge in [-0.25, -0.2) is 13.9 Å². The van der Waals surface area contributed by atoms with Gasteiger partial charge in [0, 0.05) is 12.1 Å². The minimum atomic E-state index is -0.612. The second-order valence-corrected chi connectivity index (χ2v) is 7.35. The number of aliphatic hydroxyl groups excluding tert-OH is 1. The van der Waals surface area contributed by atoms with Crippen molar-refractivity contribution in [2.45, 2.75) is 18.6 Å². The Kier molecular flexibility index (Phi) is 4.42. The SMILES string of the molecule is N#Cc1cccc(-c2cnc3ccc(N4CCC(O)C4c4cccc(F)c4)nn23)c1. The van der Waals surface area contributed by atoms with Crippen LogP contribution in [0.25, 0.3) is 16.9 Å². The average Bonchev–Trinajstić information content (AvgIpc) is 3.36. The van der Waals surface area contributed by atoms with Gasteiger partial charge in [0.2, 0.25) is 0 Å². The molecule has 1 aliphatic rings. The van der Waals surface area contributed by atoms with Crippen LogP contribution < -0.4 is 4.90 Å². The molecule has 0 spiro atoms. The normalized spacial score (nSPS) is 18.6. The highest BCUT2D eigenvalue weighted by atomic mass is 19.1. The van der Waals surface area contributed by atoms with Crippen LogP contribution in [-0.2, 0) is 0 Å². The highest BCUT2D eigenvalue weighted by molar-refractivity contribution is 5.65. The molecule has 0 radical (unpaired) electrons. The fraction of sp³-hybridized carbons (Fsp3) is 0.174. The topological polar surface area (TPSA) is 77.5 Å². The number of nitrogens with zero attached hydrogens (tertiary/aromatic N) is 5. The first-order valence-electron chi connectivity index (χ1n) is 9.69. The van der Waals surface area contributed by atoms with Crippen molar-refractivity contribution in [1.29, 1.82) is 5.26 Å². The van der Waals surface area contributed by atoms with E-state index in [0.717, 1.165) is 16.8 Å². The van der Waals surface area contributed by atoms with Gasteiger partial charge in [0.25, 0.3) is 0 Å². The third-order valence-electron chi connectivity index (χ3n) is 5.49. The predicted octanol–water partition coefficient (Wildman–Crippen LogP) is 3.72. The van der Waals surface area contributed by atoms with E-state index in [1.165, 1.54) is 12.1 Å². The molecule has 2 aromatic heterocycles. The van der Waals surface area contributed by atoms with Gasteiger partial charge in [-0.3, -0.25) is 0 Å². The highest BCUT2D eigenvalue weighted by Crippen LogP contribution is 2.36. The van der Waals surface area contributed by atoms with Crippen LogP contribution in [0.15, 0.2) is 66.9 Å². The van der Waals surface area contributed by atoms with Gasteiger partial charge in [-0.05, 0) is 48.4 Å². The quantitative estimate of drug-likeness (QED) is 0.568. The summed E-state index contributed by atoms with van der Waals surface area (Å²) in [5.74, 6) is 0.341. The minimum Gasteiger partial charge on any atom is -0.391 e. The maximum absolute atomic E-state index is 13.8. The van der Waals surface area contributed by atoms with Crippen LogP contribution >= 0.6 is 0 Å². The van der Waals surface area contributed by atoms with Crippen LogP contribution in [0.2, 0.25) is 0 Å². The van der Waals surface area contributed by atoms with Crippen molar-refractivity contribution in [2.75, 3.05) is 11.4 Å². The van der Waals surface area contributed by atoms with Crippen LogP contribution in [0.4, 0.5) is 10.2 Å². The molecular weight excluding hydrogens is 381 g/mol. The first kappa shape index (κ1) is 18.3. The van der Waals surface area contributed by atoms with E-state index in [0.29, 0.717) is 30.0 Å². The third kappa shape index (κ3) is 3.08. The maximum atomic E-state index is 13.8. The zero-order chi connectivity index (χ0) is 20.7. The Morgan fingerprint density at radius 1 is 1.10 bits per heavy atom. The van der Waals surface area contributed by atoms with E-state index in [9.17, 15) is 14.8 Å². The molecule has 1 saturated heterocycles. The highest BCUT2D eigenvalue weighted by Gasteiger charge is 2.35. The monoisotopic (exact) mass is 399 g/mol. The Morgan fingerprint density at radius 3 is 2.80 bits per heavy atom. The van der Waals surface area contributed by atoms with Crippen molar-refractivity contribution in [3.05, 3.63) is 83.8 Å². The molecule has 1 N–H and O–H groups in total. The Labute approximate surface area is 172 Å². The van der Waals surface area contributed by atoms with E-state index in [1.807, 2.05) is 35.2 Å². The molecule has 2 aromatic carbocycles. The average molecular weight is 399 g/mol. The van der Waals surface area contributed by atoms with E-state index in [2.05, 4.69) is 11.1 Å². The molecule has 0 saturated carbocycles. The standard InChI is InChI=1S/C23H18FN5O/c24-18-6-2-5-17(12-18)23-20(30)9-10-28(23)22-8-7-21-26-14-19(29(21)27-22)16-4-1-3-15(11-16)13-25/h1-8,11-12,14,20,23,30H,9-10H2. The molecule has 4 aromatic rings. The second kappa shape index (κ2) is 7.25. The zero-order valence-electron chi connectivity index (χ0n) is 16.0. The molecule has 7 heteroatoms. The van der Waals surface area contributed by atoms with Gasteiger partial charge in [-0.15, -0.1) is 5.10 Å². The number of aromatic nitrogens is 3. The summed E-state index contributed by atoms with van der Waals surface area (Å²) in [4.78, 5) is 6.42. The number of imidazole rings is 1. The van der Waals surface area contributed by atoms with Gasteiger partial charge in [-0.1, -0.05) is 24.3 Å². The lowest BCUT2D eigenvalue weighted by Crippen LogP contribution is -2.28. The number of hydrogen-bond donors (Lipinski definition) is 1. The summed E-state index contributed by atoms with van der Waals surface area (Å²) in [7, 11) is 0. The Bertz CT molecular complexity index is 1280. The number of halogens is 1. The smallest absolute Gasteiger partial charge is 0.154 e. The minimum absolute atomic E-state index is 0.329. The van der Waals surface area contributed by atoms with Crippen LogP contribution in [0.1, 0.15) is 23.6 Å². The number of aliphatic hydroxyl groups is 1. The van der Waals surface area contributed by atoms with Gasteiger partial charge in [-0.2, -0.15) is 5.26 Å². The number of rotatable bonds is 3. The van der Waals surface area contributed by atoms with Crippen LogP contribution in [-0.4, -0.2) is 32.4 Å². The van der Waals surface area contributed by atoms with E-state index in [1.54, 1.807) is 28.9 Å². The van der Waals surface area contributed by atoms with Crippen molar-refractivity contribution in [2.24, 2.45) is 0 Å². The number of anilines is 1. The molecule has 148 valence electrons. The first-order chi connectivity index (χ1) is 14.6. The lowest BCUT2D eigenvalue weighted by Gasteiger charge is -2.27. The second-order valence-electron chi connectivity index (χ2n) is 7.35. The van der Waals surface area contributed by atoms with Gasteiger partial charge in [0.1, 0.15) is 11.6 Å². The predicted molar refractivity (Wildman–Crippen MR) is 110 cm³/mol.